The van der Waals surface area contributed by atoms with Crippen LogP contribution >= 0.6 is 0 Å². The van der Waals surface area contributed by atoms with Crippen LogP contribution in [0.4, 0.5) is 4.39 Å². The molecule has 3 aromatic rings. The highest BCUT2D eigenvalue weighted by atomic mass is 19.1. The summed E-state index contributed by atoms with van der Waals surface area (Å²) in [5.41, 5.74) is 4.61. The standard InChI is InChI=1S/C18H19FN2O.C8H16O/c1-12-17(14-6-4-13(11-19)5-7-14)16-10-15(18(2,3)22)8-9-21(16)20-12;1-5-7(9)6-8(2,3)4/h4-10,22H,11H2,1-3H3;5-6H2,1-4H3. The third-order valence-corrected chi connectivity index (χ3v) is 5.04. The number of hydrogen-bond donors (Lipinski definition) is 1. The molecule has 1 N–H and O–H groups in total. The van der Waals surface area contributed by atoms with E-state index in [2.05, 4.69) is 25.9 Å². The number of aromatic nitrogens is 2. The van der Waals surface area contributed by atoms with E-state index in [9.17, 15) is 14.3 Å². The van der Waals surface area contributed by atoms with Crippen LogP contribution in [0.3, 0.4) is 0 Å². The van der Waals surface area contributed by atoms with Crippen molar-refractivity contribution in [2.45, 2.75) is 73.6 Å². The third kappa shape index (κ3) is 6.73. The van der Waals surface area contributed by atoms with Crippen molar-refractivity contribution >= 4 is 11.3 Å². The largest absolute Gasteiger partial charge is 0.386 e. The summed E-state index contributed by atoms with van der Waals surface area (Å²) in [5, 5.41) is 14.7. The van der Waals surface area contributed by atoms with Crippen molar-refractivity contribution in [3.63, 3.8) is 0 Å². The highest BCUT2D eigenvalue weighted by Gasteiger charge is 2.19. The number of aliphatic hydroxyl groups is 1. The Bertz CT molecular complexity index is 1020. The quantitative estimate of drug-likeness (QED) is 0.513. The Morgan fingerprint density at radius 2 is 1.71 bits per heavy atom. The Morgan fingerprint density at radius 3 is 2.16 bits per heavy atom. The van der Waals surface area contributed by atoms with Crippen LogP contribution in [0.15, 0.2) is 42.6 Å². The molecular formula is C26H35FN2O2. The van der Waals surface area contributed by atoms with Crippen molar-refractivity contribution in [3.05, 3.63) is 59.4 Å². The van der Waals surface area contributed by atoms with Crippen LogP contribution in [-0.4, -0.2) is 20.5 Å². The number of nitrogens with zero attached hydrogens (tertiary/aromatic N) is 2. The monoisotopic (exact) mass is 426 g/mol. The summed E-state index contributed by atoms with van der Waals surface area (Å²) >= 11 is 0. The van der Waals surface area contributed by atoms with E-state index in [1.54, 1.807) is 26.0 Å². The molecule has 1 aromatic carbocycles. The van der Waals surface area contributed by atoms with Gasteiger partial charge in [0, 0.05) is 24.6 Å². The zero-order chi connectivity index (χ0) is 23.4. The van der Waals surface area contributed by atoms with E-state index in [1.165, 1.54) is 0 Å². The smallest absolute Gasteiger partial charge is 0.133 e. The van der Waals surface area contributed by atoms with Crippen LogP contribution in [0, 0.1) is 12.3 Å². The fourth-order valence-electron chi connectivity index (χ4n) is 3.38. The molecule has 5 heteroatoms. The molecule has 0 aliphatic rings. The second-order valence-corrected chi connectivity index (χ2v) is 9.72. The fourth-order valence-corrected chi connectivity index (χ4v) is 3.38. The summed E-state index contributed by atoms with van der Waals surface area (Å²) in [4.78, 5) is 10.8. The van der Waals surface area contributed by atoms with Gasteiger partial charge in [-0.15, -0.1) is 0 Å². The molecule has 0 radical (unpaired) electrons. The Kier molecular flexibility index (Phi) is 7.77. The van der Waals surface area contributed by atoms with Gasteiger partial charge in [-0.2, -0.15) is 5.10 Å². The number of hydrogen-bond acceptors (Lipinski definition) is 3. The number of halogens is 1. The third-order valence-electron chi connectivity index (χ3n) is 5.04. The van der Waals surface area contributed by atoms with E-state index in [-0.39, 0.29) is 5.41 Å². The van der Waals surface area contributed by atoms with E-state index in [4.69, 9.17) is 0 Å². The summed E-state index contributed by atoms with van der Waals surface area (Å²) in [5.74, 6) is 0.363. The molecule has 0 saturated heterocycles. The average molecular weight is 427 g/mol. The van der Waals surface area contributed by atoms with Crippen molar-refractivity contribution in [3.8, 4) is 11.1 Å². The molecule has 0 bridgehead atoms. The number of aryl methyl sites for hydroxylation is 1. The average Bonchev–Trinajstić information content (AvgIpc) is 3.01. The Balaban J connectivity index is 0.000000323. The van der Waals surface area contributed by atoms with Gasteiger partial charge in [-0.1, -0.05) is 52.0 Å². The van der Waals surface area contributed by atoms with Crippen LogP contribution in [0.2, 0.25) is 0 Å². The van der Waals surface area contributed by atoms with E-state index >= 15 is 0 Å². The van der Waals surface area contributed by atoms with Crippen molar-refractivity contribution in [2.75, 3.05) is 0 Å². The zero-order valence-corrected chi connectivity index (χ0v) is 19.8. The predicted octanol–water partition coefficient (Wildman–Crippen LogP) is 6.41. The van der Waals surface area contributed by atoms with Crippen LogP contribution in [0.1, 0.15) is 71.2 Å². The first-order valence-electron chi connectivity index (χ1n) is 10.7. The molecule has 0 atom stereocenters. The number of carbonyl (C=O) groups excluding carboxylic acids is 1. The molecular weight excluding hydrogens is 391 g/mol. The zero-order valence-electron chi connectivity index (χ0n) is 19.8. The SMILES string of the molecule is CCC(=O)CC(C)(C)C.Cc1nn2ccc(C(C)(C)O)cc2c1-c1ccc(CF)cc1. The molecule has 2 heterocycles. The van der Waals surface area contributed by atoms with Crippen LogP contribution in [0.25, 0.3) is 16.6 Å². The summed E-state index contributed by atoms with van der Waals surface area (Å²) in [7, 11) is 0. The van der Waals surface area contributed by atoms with Gasteiger partial charge in [0.1, 0.15) is 12.5 Å². The maximum Gasteiger partial charge on any atom is 0.133 e. The molecule has 0 aliphatic heterocycles. The minimum Gasteiger partial charge on any atom is -0.386 e. The van der Waals surface area contributed by atoms with Crippen molar-refractivity contribution in [2.24, 2.45) is 5.41 Å². The molecule has 168 valence electrons. The lowest BCUT2D eigenvalue weighted by atomic mass is 9.89. The normalized spacial score (nSPS) is 11.9. The van der Waals surface area contributed by atoms with Gasteiger partial charge in [0.05, 0.1) is 16.8 Å². The molecule has 4 nitrogen and oxygen atoms in total. The molecule has 0 fully saturated rings. The van der Waals surface area contributed by atoms with Crippen molar-refractivity contribution in [1.29, 1.82) is 0 Å². The first-order chi connectivity index (χ1) is 14.4. The van der Waals surface area contributed by atoms with Crippen molar-refractivity contribution in [1.82, 2.24) is 9.61 Å². The van der Waals surface area contributed by atoms with Crippen LogP contribution < -0.4 is 0 Å². The Hall–Kier alpha value is -2.53. The summed E-state index contributed by atoms with van der Waals surface area (Å²) in [6.07, 6.45) is 3.25. The topological polar surface area (TPSA) is 54.6 Å². The molecule has 0 spiro atoms. The lowest BCUT2D eigenvalue weighted by molar-refractivity contribution is -0.120. The number of rotatable bonds is 5. The van der Waals surface area contributed by atoms with Gasteiger partial charge in [-0.05, 0) is 55.0 Å². The van der Waals surface area contributed by atoms with Crippen LogP contribution in [0.5, 0.6) is 0 Å². The number of pyridine rings is 1. The number of Topliss-reactive ketones (excluding diaryl/α,β-unsaturated/α-hetero) is 1. The molecule has 0 unspecified atom stereocenters. The number of ketones is 1. The lowest BCUT2D eigenvalue weighted by Gasteiger charge is -2.17. The molecule has 31 heavy (non-hydrogen) atoms. The molecule has 3 rings (SSSR count). The second-order valence-electron chi connectivity index (χ2n) is 9.72. The maximum absolute atomic E-state index is 12.7. The maximum atomic E-state index is 12.7. The van der Waals surface area contributed by atoms with Gasteiger partial charge < -0.3 is 5.11 Å². The van der Waals surface area contributed by atoms with E-state index < -0.39 is 12.3 Å². The highest BCUT2D eigenvalue weighted by Crippen LogP contribution is 2.31. The summed E-state index contributed by atoms with van der Waals surface area (Å²) < 4.78 is 14.5. The van der Waals surface area contributed by atoms with Gasteiger partial charge in [0.25, 0.3) is 0 Å². The van der Waals surface area contributed by atoms with Gasteiger partial charge in [0.2, 0.25) is 0 Å². The van der Waals surface area contributed by atoms with Gasteiger partial charge in [-0.25, -0.2) is 8.91 Å². The fraction of sp³-hybridized carbons (Fsp3) is 0.462. The first-order valence-corrected chi connectivity index (χ1v) is 10.7. The van der Waals surface area contributed by atoms with Crippen LogP contribution in [-0.2, 0) is 17.1 Å². The van der Waals surface area contributed by atoms with Gasteiger partial charge in [0.15, 0.2) is 0 Å². The molecule has 0 aliphatic carbocycles. The summed E-state index contributed by atoms with van der Waals surface area (Å²) in [6, 6.07) is 11.2. The number of carbonyl (C=O) groups is 1. The van der Waals surface area contributed by atoms with Gasteiger partial charge in [-0.3, -0.25) is 4.79 Å². The minimum absolute atomic E-state index is 0.174. The van der Waals surface area contributed by atoms with E-state index in [0.29, 0.717) is 24.2 Å². The Morgan fingerprint density at radius 1 is 1.10 bits per heavy atom. The molecule has 0 amide bonds. The molecule has 2 aromatic heterocycles. The Labute approximate surface area is 185 Å². The number of benzene rings is 1. The highest BCUT2D eigenvalue weighted by molar-refractivity contribution is 5.83. The summed E-state index contributed by atoms with van der Waals surface area (Å²) in [6.45, 7) is 13.2. The van der Waals surface area contributed by atoms with E-state index in [1.807, 2.05) is 48.8 Å². The van der Waals surface area contributed by atoms with E-state index in [0.717, 1.165) is 27.9 Å². The predicted molar refractivity (Wildman–Crippen MR) is 125 cm³/mol. The first kappa shape index (κ1) is 24.7. The number of fused-ring (bicyclic) bond motifs is 1. The lowest BCUT2D eigenvalue weighted by Crippen LogP contribution is -2.15. The second kappa shape index (κ2) is 9.73. The number of alkyl halides is 1. The van der Waals surface area contributed by atoms with Gasteiger partial charge >= 0.3 is 0 Å². The van der Waals surface area contributed by atoms with Crippen molar-refractivity contribution < 1.29 is 14.3 Å². The molecule has 0 saturated carbocycles. The minimum atomic E-state index is -0.907.